The zero-order valence-corrected chi connectivity index (χ0v) is 8.45. The molecule has 0 aliphatic heterocycles. The molecule has 0 unspecified atom stereocenters. The summed E-state index contributed by atoms with van der Waals surface area (Å²) in [5.41, 5.74) is 0.209. The van der Waals surface area contributed by atoms with Crippen molar-refractivity contribution < 1.29 is 14.3 Å². The molecule has 2 aliphatic carbocycles. The van der Waals surface area contributed by atoms with Crippen molar-refractivity contribution in [1.82, 2.24) is 4.98 Å². The van der Waals surface area contributed by atoms with Gasteiger partial charge in [0.2, 0.25) is 5.89 Å². The Morgan fingerprint density at radius 2 is 2.07 bits per heavy atom. The Labute approximate surface area is 87.3 Å². The van der Waals surface area contributed by atoms with E-state index in [0.29, 0.717) is 18.7 Å². The van der Waals surface area contributed by atoms with Crippen molar-refractivity contribution in [3.63, 3.8) is 0 Å². The Bertz CT molecular complexity index is 394. The Morgan fingerprint density at radius 3 is 2.67 bits per heavy atom. The lowest BCUT2D eigenvalue weighted by Gasteiger charge is -2.05. The first-order valence-electron chi connectivity index (χ1n) is 5.45. The van der Waals surface area contributed by atoms with Gasteiger partial charge in [0.1, 0.15) is 11.2 Å². The number of oxazole rings is 1. The van der Waals surface area contributed by atoms with Crippen LogP contribution in [0.2, 0.25) is 0 Å². The third-order valence-corrected chi connectivity index (χ3v) is 3.41. The Hall–Kier alpha value is -1.32. The molecule has 0 atom stereocenters. The zero-order chi connectivity index (χ0) is 10.5. The molecule has 1 aromatic heterocycles. The van der Waals surface area contributed by atoms with E-state index >= 15 is 0 Å². The summed E-state index contributed by atoms with van der Waals surface area (Å²) in [6.45, 7) is 0. The molecule has 2 aliphatic rings. The summed E-state index contributed by atoms with van der Waals surface area (Å²) in [6.07, 6.45) is 5.46. The molecule has 0 spiro atoms. The van der Waals surface area contributed by atoms with Gasteiger partial charge in [0, 0.05) is 6.42 Å². The van der Waals surface area contributed by atoms with Crippen LogP contribution in [0.5, 0.6) is 0 Å². The average molecular weight is 207 g/mol. The molecule has 1 N–H and O–H groups in total. The molecule has 0 saturated heterocycles. The lowest BCUT2D eigenvalue weighted by Crippen LogP contribution is -2.19. The van der Waals surface area contributed by atoms with Crippen LogP contribution in [0.3, 0.4) is 0 Å². The van der Waals surface area contributed by atoms with Crippen LogP contribution in [0.4, 0.5) is 0 Å². The number of carboxylic acids is 1. The van der Waals surface area contributed by atoms with Crippen LogP contribution >= 0.6 is 0 Å². The van der Waals surface area contributed by atoms with Gasteiger partial charge in [0.25, 0.3) is 0 Å². The minimum absolute atomic E-state index is 0.446. The van der Waals surface area contributed by atoms with Gasteiger partial charge in [-0.05, 0) is 32.1 Å². The van der Waals surface area contributed by atoms with Crippen molar-refractivity contribution in [2.45, 2.75) is 43.9 Å². The van der Waals surface area contributed by atoms with Gasteiger partial charge in [-0.25, -0.2) is 4.98 Å². The number of aromatic nitrogens is 1. The fourth-order valence-corrected chi connectivity index (χ4v) is 2.20. The minimum atomic E-state index is -0.791. The third kappa shape index (κ3) is 1.20. The van der Waals surface area contributed by atoms with Crippen molar-refractivity contribution in [2.75, 3.05) is 0 Å². The van der Waals surface area contributed by atoms with Crippen molar-refractivity contribution in [3.8, 4) is 0 Å². The molecule has 1 fully saturated rings. The second kappa shape index (κ2) is 2.84. The van der Waals surface area contributed by atoms with E-state index in [2.05, 4.69) is 4.98 Å². The first-order chi connectivity index (χ1) is 7.22. The van der Waals surface area contributed by atoms with Crippen LogP contribution in [-0.4, -0.2) is 16.1 Å². The van der Waals surface area contributed by atoms with E-state index in [1.165, 1.54) is 0 Å². The number of nitrogens with zero attached hydrogens (tertiary/aromatic N) is 1. The minimum Gasteiger partial charge on any atom is -0.480 e. The summed E-state index contributed by atoms with van der Waals surface area (Å²) in [5, 5.41) is 9.12. The maximum Gasteiger partial charge on any atom is 0.319 e. The predicted octanol–water partition coefficient (Wildman–Crippen LogP) is 1.67. The van der Waals surface area contributed by atoms with Crippen LogP contribution in [0.1, 0.15) is 43.0 Å². The molecule has 4 heteroatoms. The number of carbonyl (C=O) groups is 1. The number of hydrogen-bond acceptors (Lipinski definition) is 3. The molecule has 1 aromatic rings. The Kier molecular flexibility index (Phi) is 1.69. The highest BCUT2D eigenvalue weighted by atomic mass is 16.4. The molecule has 1 saturated carbocycles. The maximum absolute atomic E-state index is 11.1. The van der Waals surface area contributed by atoms with Gasteiger partial charge in [-0.3, -0.25) is 4.79 Å². The van der Waals surface area contributed by atoms with Gasteiger partial charge in [0.05, 0.1) is 5.69 Å². The number of rotatable bonds is 2. The fraction of sp³-hybridized carbons (Fsp3) is 0.636. The van der Waals surface area contributed by atoms with E-state index in [-0.39, 0.29) is 0 Å². The SMILES string of the molecule is O=C(O)C1(c2nc3c(o2)CCCC3)CC1. The van der Waals surface area contributed by atoms with Crippen LogP contribution in [0.25, 0.3) is 0 Å². The number of carboxylic acid groups (broad SMARTS) is 1. The highest BCUT2D eigenvalue weighted by molar-refractivity contribution is 5.83. The molecule has 4 nitrogen and oxygen atoms in total. The van der Waals surface area contributed by atoms with Crippen LogP contribution in [-0.2, 0) is 23.1 Å². The lowest BCUT2D eigenvalue weighted by atomic mass is 10.0. The molecule has 0 amide bonds. The van der Waals surface area contributed by atoms with Crippen molar-refractivity contribution in [1.29, 1.82) is 0 Å². The predicted molar refractivity (Wildman–Crippen MR) is 51.7 cm³/mol. The molecule has 80 valence electrons. The largest absolute Gasteiger partial charge is 0.480 e. The third-order valence-electron chi connectivity index (χ3n) is 3.41. The van der Waals surface area contributed by atoms with Gasteiger partial charge >= 0.3 is 5.97 Å². The van der Waals surface area contributed by atoms with Crippen molar-refractivity contribution in [3.05, 3.63) is 17.3 Å². The zero-order valence-electron chi connectivity index (χ0n) is 8.45. The molecule has 0 radical (unpaired) electrons. The Morgan fingerprint density at radius 1 is 1.33 bits per heavy atom. The fourth-order valence-electron chi connectivity index (χ4n) is 2.20. The normalized spacial score (nSPS) is 22.1. The highest BCUT2D eigenvalue weighted by Gasteiger charge is 2.56. The quantitative estimate of drug-likeness (QED) is 0.801. The van der Waals surface area contributed by atoms with Crippen molar-refractivity contribution in [2.24, 2.45) is 0 Å². The topological polar surface area (TPSA) is 63.3 Å². The van der Waals surface area contributed by atoms with E-state index in [1.807, 2.05) is 0 Å². The van der Waals surface area contributed by atoms with Gasteiger partial charge in [-0.1, -0.05) is 0 Å². The molecule has 0 bridgehead atoms. The first kappa shape index (κ1) is 8.95. The van der Waals surface area contributed by atoms with E-state index in [1.54, 1.807) is 0 Å². The average Bonchev–Trinajstić information content (AvgIpc) is 2.93. The van der Waals surface area contributed by atoms with Gasteiger partial charge in [-0.2, -0.15) is 0 Å². The standard InChI is InChI=1S/C11H13NO3/c13-10(14)11(5-6-11)9-12-7-3-1-2-4-8(7)15-9/h1-6H2,(H,13,14). The summed E-state index contributed by atoms with van der Waals surface area (Å²) in [6, 6.07) is 0. The van der Waals surface area contributed by atoms with E-state index in [4.69, 9.17) is 9.52 Å². The van der Waals surface area contributed by atoms with Crippen LogP contribution < -0.4 is 0 Å². The monoisotopic (exact) mass is 207 g/mol. The molecule has 15 heavy (non-hydrogen) atoms. The number of aliphatic carboxylic acids is 1. The molecule has 3 rings (SSSR count). The smallest absolute Gasteiger partial charge is 0.319 e. The van der Waals surface area contributed by atoms with Crippen molar-refractivity contribution >= 4 is 5.97 Å². The molecular formula is C11H13NO3. The van der Waals surface area contributed by atoms with Crippen LogP contribution in [0, 0.1) is 0 Å². The number of fused-ring (bicyclic) bond motifs is 1. The summed E-state index contributed by atoms with van der Waals surface area (Å²) in [7, 11) is 0. The summed E-state index contributed by atoms with van der Waals surface area (Å²) < 4.78 is 5.60. The second-order valence-electron chi connectivity index (χ2n) is 4.48. The molecular weight excluding hydrogens is 194 g/mol. The lowest BCUT2D eigenvalue weighted by molar-refractivity contribution is -0.140. The van der Waals surface area contributed by atoms with E-state index in [9.17, 15) is 4.79 Å². The summed E-state index contributed by atoms with van der Waals surface area (Å²) in [4.78, 5) is 15.5. The summed E-state index contributed by atoms with van der Waals surface area (Å²) in [5.74, 6) is 0.576. The van der Waals surface area contributed by atoms with Gasteiger partial charge in [-0.15, -0.1) is 0 Å². The number of hydrogen-bond donors (Lipinski definition) is 1. The Balaban J connectivity index is 1.99. The molecule has 1 heterocycles. The van der Waals surface area contributed by atoms with E-state index < -0.39 is 11.4 Å². The van der Waals surface area contributed by atoms with Crippen LogP contribution in [0.15, 0.2) is 4.42 Å². The highest BCUT2D eigenvalue weighted by Crippen LogP contribution is 2.48. The number of aryl methyl sites for hydroxylation is 2. The second-order valence-corrected chi connectivity index (χ2v) is 4.48. The maximum atomic E-state index is 11.1. The van der Waals surface area contributed by atoms with Gasteiger partial charge < -0.3 is 9.52 Å². The van der Waals surface area contributed by atoms with E-state index in [0.717, 1.165) is 37.1 Å². The molecule has 0 aromatic carbocycles. The first-order valence-corrected chi connectivity index (χ1v) is 5.45. The van der Waals surface area contributed by atoms with Gasteiger partial charge in [0.15, 0.2) is 0 Å². The summed E-state index contributed by atoms with van der Waals surface area (Å²) >= 11 is 0.